The summed E-state index contributed by atoms with van der Waals surface area (Å²) in [6, 6.07) is 16.6. The lowest BCUT2D eigenvalue weighted by molar-refractivity contribution is -0.139. The molecule has 8 nitrogen and oxygen atoms in total. The Labute approximate surface area is 259 Å². The molecule has 0 aliphatic heterocycles. The minimum atomic E-state index is -1.06. The van der Waals surface area contributed by atoms with Crippen molar-refractivity contribution in [1.82, 2.24) is 9.38 Å². The summed E-state index contributed by atoms with van der Waals surface area (Å²) >= 11 is 10.3. The molecule has 0 saturated heterocycles. The molecular formula is C32H35BrClN3O5. The lowest BCUT2D eigenvalue weighted by Crippen LogP contribution is -2.31. The van der Waals surface area contributed by atoms with E-state index >= 15 is 0 Å². The van der Waals surface area contributed by atoms with E-state index in [9.17, 15) is 14.7 Å². The predicted molar refractivity (Wildman–Crippen MR) is 168 cm³/mol. The minimum Gasteiger partial charge on any atom is -0.491 e. The van der Waals surface area contributed by atoms with Crippen LogP contribution in [0.25, 0.3) is 5.65 Å². The highest BCUT2D eigenvalue weighted by Gasteiger charge is 2.24. The van der Waals surface area contributed by atoms with E-state index in [1.807, 2.05) is 60.8 Å². The van der Waals surface area contributed by atoms with Crippen molar-refractivity contribution in [1.29, 1.82) is 0 Å². The van der Waals surface area contributed by atoms with Crippen molar-refractivity contribution in [3.05, 3.63) is 87.2 Å². The topological polar surface area (TPSA) is 93.4 Å². The lowest BCUT2D eigenvalue weighted by atomic mass is 10.1. The van der Waals surface area contributed by atoms with Gasteiger partial charge in [0.05, 0.1) is 34.7 Å². The van der Waals surface area contributed by atoms with Gasteiger partial charge in [0.15, 0.2) is 6.61 Å². The molecule has 1 N–H and O–H groups in total. The lowest BCUT2D eigenvalue weighted by Gasteiger charge is -2.25. The molecule has 42 heavy (non-hydrogen) atoms. The Morgan fingerprint density at radius 3 is 2.57 bits per heavy atom. The van der Waals surface area contributed by atoms with E-state index < -0.39 is 12.6 Å². The zero-order valence-corrected chi connectivity index (χ0v) is 26.5. The van der Waals surface area contributed by atoms with E-state index in [4.69, 9.17) is 26.1 Å². The minimum absolute atomic E-state index is 0.0152. The van der Waals surface area contributed by atoms with Crippen molar-refractivity contribution < 1.29 is 24.2 Å². The van der Waals surface area contributed by atoms with E-state index in [0.29, 0.717) is 46.7 Å². The van der Waals surface area contributed by atoms with Gasteiger partial charge in [0, 0.05) is 35.1 Å². The fourth-order valence-electron chi connectivity index (χ4n) is 4.61. The number of hydrogen-bond acceptors (Lipinski definition) is 5. The van der Waals surface area contributed by atoms with Gasteiger partial charge in [-0.15, -0.1) is 0 Å². The number of aliphatic carboxylic acids is 1. The maximum atomic E-state index is 13.7. The zero-order chi connectivity index (χ0) is 30.4. The molecule has 2 heterocycles. The van der Waals surface area contributed by atoms with E-state index in [-0.39, 0.29) is 18.6 Å². The molecule has 0 unspecified atom stereocenters. The normalized spacial score (nSPS) is 11.3. The molecule has 2 aromatic heterocycles. The maximum Gasteiger partial charge on any atom is 0.341 e. The largest absolute Gasteiger partial charge is 0.491 e. The quantitative estimate of drug-likeness (QED) is 0.160. The summed E-state index contributed by atoms with van der Waals surface area (Å²) in [4.78, 5) is 31.5. The van der Waals surface area contributed by atoms with Gasteiger partial charge in [0.25, 0.3) is 0 Å². The number of imidazole rings is 1. The van der Waals surface area contributed by atoms with Gasteiger partial charge in [-0.3, -0.25) is 4.79 Å². The number of carbonyl (C=O) groups excluding carboxylic acids is 1. The first-order valence-electron chi connectivity index (χ1n) is 13.9. The number of benzene rings is 2. The second kappa shape index (κ2) is 14.1. The number of hydrogen-bond donors (Lipinski definition) is 1. The Kier molecular flexibility index (Phi) is 10.5. The number of nitrogens with zero attached hydrogens (tertiary/aromatic N) is 3. The highest BCUT2D eigenvalue weighted by atomic mass is 79.9. The van der Waals surface area contributed by atoms with Gasteiger partial charge < -0.3 is 23.9 Å². The molecule has 4 aromatic rings. The van der Waals surface area contributed by atoms with E-state index in [1.54, 1.807) is 23.1 Å². The van der Waals surface area contributed by atoms with E-state index in [0.717, 1.165) is 27.8 Å². The molecule has 1 amide bonds. The number of carbonyl (C=O) groups is 2. The van der Waals surface area contributed by atoms with Crippen molar-refractivity contribution in [2.24, 2.45) is 5.92 Å². The Morgan fingerprint density at radius 2 is 1.88 bits per heavy atom. The van der Waals surface area contributed by atoms with Crippen molar-refractivity contribution >= 4 is 50.7 Å². The summed E-state index contributed by atoms with van der Waals surface area (Å²) in [7, 11) is 0. The van der Waals surface area contributed by atoms with Crippen molar-refractivity contribution in [2.75, 3.05) is 11.5 Å². The molecule has 0 aliphatic carbocycles. The van der Waals surface area contributed by atoms with E-state index in [2.05, 4.69) is 29.8 Å². The Hall–Kier alpha value is -3.56. The molecule has 222 valence electrons. The van der Waals surface area contributed by atoms with Crippen LogP contribution in [0.15, 0.2) is 65.3 Å². The van der Waals surface area contributed by atoms with Crippen LogP contribution in [0.3, 0.4) is 0 Å². The standard InChI is InChI=1S/C32H35BrClN3O5/c1-20(2)8-13-31(38)37(27-11-10-24(17-25(27)34)42-21(3)4)18-26-28(36-14-6-5-7-30(36)35-26)16-22-15-23(33)9-12-29(22)41-19-32(39)40/h5-7,9-12,14-15,17,20-21H,8,13,16,18-19H2,1-4H3,(H,39,40). The predicted octanol–water partition coefficient (Wildman–Crippen LogP) is 7.56. The average molecular weight is 657 g/mol. The second-order valence-corrected chi connectivity index (χ2v) is 12.1. The number of amides is 1. The number of pyridine rings is 1. The molecule has 0 radical (unpaired) electrons. The molecule has 0 aliphatic rings. The van der Waals surface area contributed by atoms with Gasteiger partial charge in [-0.05, 0) is 68.7 Å². The van der Waals surface area contributed by atoms with Gasteiger partial charge in [-0.1, -0.05) is 47.4 Å². The summed E-state index contributed by atoms with van der Waals surface area (Å²) in [5.41, 5.74) is 3.64. The third kappa shape index (κ3) is 8.04. The van der Waals surface area contributed by atoms with Crippen molar-refractivity contribution in [3.63, 3.8) is 0 Å². The number of carboxylic acid groups (broad SMARTS) is 1. The second-order valence-electron chi connectivity index (χ2n) is 10.7. The van der Waals surface area contributed by atoms with Crippen LogP contribution in [-0.4, -0.2) is 39.1 Å². The van der Waals surface area contributed by atoms with Crippen LogP contribution in [0.4, 0.5) is 5.69 Å². The number of aromatic nitrogens is 2. The first-order chi connectivity index (χ1) is 20.0. The number of halogens is 2. The smallest absolute Gasteiger partial charge is 0.341 e. The molecule has 4 rings (SSSR count). The van der Waals surface area contributed by atoms with Crippen LogP contribution in [0.5, 0.6) is 11.5 Å². The van der Waals surface area contributed by atoms with E-state index in [1.165, 1.54) is 0 Å². The highest BCUT2D eigenvalue weighted by molar-refractivity contribution is 9.10. The zero-order valence-electron chi connectivity index (χ0n) is 24.1. The van der Waals surface area contributed by atoms with Crippen LogP contribution in [0.2, 0.25) is 5.02 Å². The Balaban J connectivity index is 1.77. The van der Waals surface area contributed by atoms with Crippen LogP contribution >= 0.6 is 27.5 Å². The SMILES string of the molecule is CC(C)CCC(=O)N(Cc1nc2ccccn2c1Cc1cc(Br)ccc1OCC(=O)O)c1ccc(OC(C)C)cc1Cl. The van der Waals surface area contributed by atoms with Crippen molar-refractivity contribution in [2.45, 2.75) is 59.6 Å². The number of carboxylic acids is 1. The first-order valence-corrected chi connectivity index (χ1v) is 15.0. The van der Waals surface area contributed by atoms with Gasteiger partial charge in [-0.25, -0.2) is 9.78 Å². The van der Waals surface area contributed by atoms with Crippen LogP contribution in [-0.2, 0) is 22.6 Å². The first kappa shape index (κ1) is 31.4. The average Bonchev–Trinajstić information content (AvgIpc) is 3.26. The van der Waals surface area contributed by atoms with Gasteiger partial charge >= 0.3 is 5.97 Å². The van der Waals surface area contributed by atoms with Gasteiger partial charge in [0.1, 0.15) is 17.1 Å². The summed E-state index contributed by atoms with van der Waals surface area (Å²) in [6.45, 7) is 7.80. The van der Waals surface area contributed by atoms with Crippen LogP contribution in [0.1, 0.15) is 57.5 Å². The monoisotopic (exact) mass is 655 g/mol. The summed E-state index contributed by atoms with van der Waals surface area (Å²) in [6.07, 6.45) is 3.39. The maximum absolute atomic E-state index is 13.7. The Morgan fingerprint density at radius 1 is 1.10 bits per heavy atom. The third-order valence-corrected chi connectivity index (χ3v) is 7.37. The fraction of sp³-hybridized carbons (Fsp3) is 0.344. The van der Waals surface area contributed by atoms with Crippen LogP contribution < -0.4 is 14.4 Å². The molecule has 0 saturated carbocycles. The molecule has 2 aromatic carbocycles. The molecule has 0 bridgehead atoms. The Bertz CT molecular complexity index is 1570. The molecular weight excluding hydrogens is 622 g/mol. The number of rotatable bonds is 13. The molecule has 10 heteroatoms. The highest BCUT2D eigenvalue weighted by Crippen LogP contribution is 2.34. The summed E-state index contributed by atoms with van der Waals surface area (Å²) in [5.74, 6) is 0.339. The molecule has 0 fully saturated rings. The van der Waals surface area contributed by atoms with Gasteiger partial charge in [-0.2, -0.15) is 0 Å². The molecule has 0 atom stereocenters. The summed E-state index contributed by atoms with van der Waals surface area (Å²) < 4.78 is 14.2. The fourth-order valence-corrected chi connectivity index (χ4v) is 5.29. The summed E-state index contributed by atoms with van der Waals surface area (Å²) in [5, 5.41) is 9.59. The number of ether oxygens (including phenoxy) is 2. The number of fused-ring (bicyclic) bond motifs is 1. The van der Waals surface area contributed by atoms with Gasteiger partial charge in [0.2, 0.25) is 5.91 Å². The van der Waals surface area contributed by atoms with Crippen molar-refractivity contribution in [3.8, 4) is 11.5 Å². The third-order valence-electron chi connectivity index (χ3n) is 6.57. The molecule has 0 spiro atoms. The van der Waals surface area contributed by atoms with Crippen LogP contribution in [0, 0.1) is 5.92 Å². The number of anilines is 1.